The summed E-state index contributed by atoms with van der Waals surface area (Å²) < 4.78 is 5.85. The van der Waals surface area contributed by atoms with E-state index in [-0.39, 0.29) is 6.10 Å². The van der Waals surface area contributed by atoms with E-state index >= 15 is 0 Å². The Kier molecular flexibility index (Phi) is 5.01. The molecule has 0 heterocycles. The highest BCUT2D eigenvalue weighted by atomic mass is 35.5. The molecule has 0 spiro atoms. The van der Waals surface area contributed by atoms with Crippen LogP contribution >= 0.6 is 11.6 Å². The summed E-state index contributed by atoms with van der Waals surface area (Å²) in [4.78, 5) is 11.2. The molecule has 0 radical (unpaired) electrons. The molecule has 0 bridgehead atoms. The molecule has 94 valence electrons. The zero-order valence-electron chi connectivity index (χ0n) is 10.8. The number of hydrogen-bond donors (Lipinski definition) is 0. The monoisotopic (exact) mass is 254 g/mol. The van der Waals surface area contributed by atoms with Gasteiger partial charge in [0.25, 0.3) is 5.24 Å². The van der Waals surface area contributed by atoms with Crippen LogP contribution in [0.25, 0.3) is 0 Å². The zero-order valence-corrected chi connectivity index (χ0v) is 11.6. The molecule has 0 aliphatic carbocycles. The molecule has 0 amide bonds. The fourth-order valence-corrected chi connectivity index (χ4v) is 2.02. The van der Waals surface area contributed by atoms with Crippen LogP contribution in [0.15, 0.2) is 12.1 Å². The van der Waals surface area contributed by atoms with E-state index in [1.807, 2.05) is 19.9 Å². The Hall–Kier alpha value is -1.02. The van der Waals surface area contributed by atoms with Gasteiger partial charge in [-0.3, -0.25) is 4.79 Å². The van der Waals surface area contributed by atoms with Crippen LogP contribution in [0.1, 0.15) is 48.2 Å². The third-order valence-corrected chi connectivity index (χ3v) is 3.18. The molecule has 0 aliphatic heterocycles. The minimum Gasteiger partial charge on any atom is -0.490 e. The summed E-state index contributed by atoms with van der Waals surface area (Å²) in [5.41, 5.74) is 2.44. The van der Waals surface area contributed by atoms with Crippen LogP contribution in [0.2, 0.25) is 0 Å². The first-order chi connectivity index (χ1) is 7.97. The number of benzene rings is 1. The van der Waals surface area contributed by atoms with Crippen molar-refractivity contribution in [2.45, 2.75) is 46.6 Å². The molecule has 1 aromatic rings. The number of carbonyl (C=O) groups is 1. The first-order valence-corrected chi connectivity index (χ1v) is 6.31. The zero-order chi connectivity index (χ0) is 13.0. The Balaban J connectivity index is 2.96. The normalized spacial score (nSPS) is 12.3. The Bertz CT molecular complexity index is 413. The van der Waals surface area contributed by atoms with Crippen molar-refractivity contribution in [2.75, 3.05) is 0 Å². The Morgan fingerprint density at radius 2 is 2.00 bits per heavy atom. The highest BCUT2D eigenvalue weighted by Gasteiger charge is 2.13. The largest absolute Gasteiger partial charge is 0.490 e. The van der Waals surface area contributed by atoms with Crippen molar-refractivity contribution in [1.82, 2.24) is 0 Å². The van der Waals surface area contributed by atoms with Gasteiger partial charge in [-0.2, -0.15) is 0 Å². The average molecular weight is 255 g/mol. The molecule has 1 atom stereocenters. The summed E-state index contributed by atoms with van der Waals surface area (Å²) in [6, 6.07) is 3.55. The van der Waals surface area contributed by atoms with Crippen LogP contribution in [-0.2, 0) is 0 Å². The van der Waals surface area contributed by atoms with E-state index in [1.165, 1.54) is 0 Å². The maximum absolute atomic E-state index is 11.2. The van der Waals surface area contributed by atoms with Crippen LogP contribution in [0, 0.1) is 13.8 Å². The molecule has 0 fully saturated rings. The van der Waals surface area contributed by atoms with Gasteiger partial charge in [0.1, 0.15) is 5.75 Å². The molecular weight excluding hydrogens is 236 g/mol. The summed E-state index contributed by atoms with van der Waals surface area (Å²) in [6.45, 7) is 8.03. The van der Waals surface area contributed by atoms with E-state index in [0.29, 0.717) is 5.56 Å². The quantitative estimate of drug-likeness (QED) is 0.735. The summed E-state index contributed by atoms with van der Waals surface area (Å²) >= 11 is 5.51. The van der Waals surface area contributed by atoms with Gasteiger partial charge in [-0.05, 0) is 62.1 Å². The Morgan fingerprint density at radius 3 is 2.53 bits per heavy atom. The number of halogens is 1. The standard InChI is InChI=1S/C14H19ClO2/c1-5-6-9(2)17-13-8-7-12(14(15)16)10(3)11(13)4/h7-9H,5-6H2,1-4H3. The lowest BCUT2D eigenvalue weighted by Gasteiger charge is -2.17. The minimum atomic E-state index is -0.418. The number of ether oxygens (including phenoxy) is 1. The second-order valence-electron chi connectivity index (χ2n) is 4.35. The lowest BCUT2D eigenvalue weighted by molar-refractivity contribution is 0.108. The molecule has 0 aromatic heterocycles. The molecule has 0 saturated carbocycles. The van der Waals surface area contributed by atoms with Crippen molar-refractivity contribution in [3.05, 3.63) is 28.8 Å². The molecule has 0 N–H and O–H groups in total. The first kappa shape index (κ1) is 14.0. The van der Waals surface area contributed by atoms with Crippen molar-refractivity contribution >= 4 is 16.8 Å². The van der Waals surface area contributed by atoms with Gasteiger partial charge in [0.2, 0.25) is 0 Å². The van der Waals surface area contributed by atoms with Crippen molar-refractivity contribution < 1.29 is 9.53 Å². The maximum atomic E-state index is 11.2. The van der Waals surface area contributed by atoms with Gasteiger partial charge in [0.15, 0.2) is 0 Å². The van der Waals surface area contributed by atoms with E-state index in [1.54, 1.807) is 6.07 Å². The molecule has 1 aromatic carbocycles. The van der Waals surface area contributed by atoms with Crippen LogP contribution in [0.4, 0.5) is 0 Å². The molecule has 3 heteroatoms. The van der Waals surface area contributed by atoms with E-state index < -0.39 is 5.24 Å². The van der Waals surface area contributed by atoms with Crippen molar-refractivity contribution in [2.24, 2.45) is 0 Å². The molecule has 0 aliphatic rings. The van der Waals surface area contributed by atoms with Crippen LogP contribution in [0.5, 0.6) is 5.75 Å². The van der Waals surface area contributed by atoms with E-state index in [9.17, 15) is 4.79 Å². The maximum Gasteiger partial charge on any atom is 0.252 e. The summed E-state index contributed by atoms with van der Waals surface area (Å²) in [7, 11) is 0. The molecule has 0 saturated heterocycles. The third-order valence-electron chi connectivity index (χ3n) is 2.97. The van der Waals surface area contributed by atoms with Crippen LogP contribution in [0.3, 0.4) is 0 Å². The smallest absolute Gasteiger partial charge is 0.252 e. The SMILES string of the molecule is CCCC(C)Oc1ccc(C(=O)Cl)c(C)c1C. The van der Waals surface area contributed by atoms with Crippen molar-refractivity contribution in [3.63, 3.8) is 0 Å². The Labute approximate surface area is 108 Å². The molecular formula is C14H19ClO2. The predicted molar refractivity (Wildman–Crippen MR) is 71.1 cm³/mol. The summed E-state index contributed by atoms with van der Waals surface area (Å²) in [5, 5.41) is -0.418. The van der Waals surface area contributed by atoms with Gasteiger partial charge in [-0.1, -0.05) is 13.3 Å². The van der Waals surface area contributed by atoms with E-state index in [4.69, 9.17) is 16.3 Å². The van der Waals surface area contributed by atoms with E-state index in [2.05, 4.69) is 13.8 Å². The fraction of sp³-hybridized carbons (Fsp3) is 0.500. The molecule has 1 unspecified atom stereocenters. The van der Waals surface area contributed by atoms with Crippen molar-refractivity contribution in [1.29, 1.82) is 0 Å². The number of carbonyl (C=O) groups excluding carboxylic acids is 1. The lowest BCUT2D eigenvalue weighted by Crippen LogP contribution is -2.12. The first-order valence-electron chi connectivity index (χ1n) is 5.94. The minimum absolute atomic E-state index is 0.190. The second-order valence-corrected chi connectivity index (χ2v) is 4.70. The Morgan fingerprint density at radius 1 is 1.35 bits per heavy atom. The van der Waals surface area contributed by atoms with Gasteiger partial charge in [-0.15, -0.1) is 0 Å². The summed E-state index contributed by atoms with van der Waals surface area (Å²) in [6.07, 6.45) is 2.31. The molecule has 2 nitrogen and oxygen atoms in total. The van der Waals surface area contributed by atoms with Gasteiger partial charge in [0, 0.05) is 5.56 Å². The average Bonchev–Trinajstić information content (AvgIpc) is 2.25. The third kappa shape index (κ3) is 3.47. The molecule has 17 heavy (non-hydrogen) atoms. The van der Waals surface area contributed by atoms with E-state index in [0.717, 1.165) is 29.7 Å². The van der Waals surface area contributed by atoms with Gasteiger partial charge >= 0.3 is 0 Å². The lowest BCUT2D eigenvalue weighted by atomic mass is 10.0. The fourth-order valence-electron chi connectivity index (χ4n) is 1.82. The van der Waals surface area contributed by atoms with Crippen LogP contribution < -0.4 is 4.74 Å². The second kappa shape index (κ2) is 6.06. The number of rotatable bonds is 5. The highest BCUT2D eigenvalue weighted by molar-refractivity contribution is 6.67. The summed E-state index contributed by atoms with van der Waals surface area (Å²) in [5.74, 6) is 0.838. The number of hydrogen-bond acceptors (Lipinski definition) is 2. The predicted octanol–water partition coefficient (Wildman–Crippen LogP) is 4.25. The van der Waals surface area contributed by atoms with Gasteiger partial charge in [0.05, 0.1) is 6.10 Å². The van der Waals surface area contributed by atoms with Crippen LogP contribution in [-0.4, -0.2) is 11.3 Å². The van der Waals surface area contributed by atoms with Gasteiger partial charge in [-0.25, -0.2) is 0 Å². The molecule has 1 rings (SSSR count). The van der Waals surface area contributed by atoms with Crippen molar-refractivity contribution in [3.8, 4) is 5.75 Å². The highest BCUT2D eigenvalue weighted by Crippen LogP contribution is 2.26. The topological polar surface area (TPSA) is 26.3 Å². The van der Waals surface area contributed by atoms with Gasteiger partial charge < -0.3 is 4.74 Å².